The lowest BCUT2D eigenvalue weighted by Crippen LogP contribution is -2.37. The van der Waals surface area contributed by atoms with Gasteiger partial charge in [0.15, 0.2) is 0 Å². The van der Waals surface area contributed by atoms with Gasteiger partial charge in [0.1, 0.15) is 0 Å². The second-order valence-corrected chi connectivity index (χ2v) is 7.53. The average Bonchev–Trinajstić information content (AvgIpc) is 2.38. The third-order valence-electron chi connectivity index (χ3n) is 5.26. The summed E-state index contributed by atoms with van der Waals surface area (Å²) < 4.78 is 0. The van der Waals surface area contributed by atoms with Crippen LogP contribution >= 0.6 is 0 Å². The van der Waals surface area contributed by atoms with E-state index >= 15 is 0 Å². The second-order valence-electron chi connectivity index (χ2n) is 7.53. The maximum Gasteiger partial charge on any atom is 0.0282 e. The Hall–Kier alpha value is -0.300. The molecule has 2 N–H and O–H groups in total. The Balaban J connectivity index is 1.87. The van der Waals surface area contributed by atoms with E-state index in [0.29, 0.717) is 11.5 Å². The van der Waals surface area contributed by atoms with E-state index < -0.39 is 0 Å². The number of nitrogens with two attached hydrogens (primary N) is 1. The van der Waals surface area contributed by atoms with Crippen LogP contribution < -0.4 is 5.73 Å². The summed E-state index contributed by atoms with van der Waals surface area (Å²) in [6.45, 7) is 7.17. The minimum Gasteiger partial charge on any atom is -0.324 e. The van der Waals surface area contributed by atoms with Crippen LogP contribution in [0.15, 0.2) is 11.6 Å². The predicted octanol–water partition coefficient (Wildman–Crippen LogP) is 4.67. The van der Waals surface area contributed by atoms with Gasteiger partial charge >= 0.3 is 0 Å². The molecule has 0 aliphatic heterocycles. The summed E-state index contributed by atoms with van der Waals surface area (Å²) >= 11 is 0. The van der Waals surface area contributed by atoms with Gasteiger partial charge in [-0.05, 0) is 68.6 Å². The van der Waals surface area contributed by atoms with Crippen molar-refractivity contribution in [3.8, 4) is 0 Å². The molecule has 18 heavy (non-hydrogen) atoms. The molecule has 1 unspecified atom stereocenters. The minimum atomic E-state index is 0.367. The average molecular weight is 249 g/mol. The van der Waals surface area contributed by atoms with Crippen LogP contribution in [0.1, 0.15) is 72.1 Å². The van der Waals surface area contributed by atoms with Crippen LogP contribution in [0.3, 0.4) is 0 Å². The Morgan fingerprint density at radius 3 is 2.28 bits per heavy atom. The first kappa shape index (κ1) is 14.1. The summed E-state index contributed by atoms with van der Waals surface area (Å²) in [4.78, 5) is 0. The van der Waals surface area contributed by atoms with Gasteiger partial charge < -0.3 is 5.73 Å². The van der Waals surface area contributed by atoms with Gasteiger partial charge in [-0.3, -0.25) is 0 Å². The first-order valence-corrected chi connectivity index (χ1v) is 7.93. The summed E-state index contributed by atoms with van der Waals surface area (Å²) in [7, 11) is 0. The first-order chi connectivity index (χ1) is 8.48. The van der Waals surface area contributed by atoms with Gasteiger partial charge in [-0.25, -0.2) is 0 Å². The molecule has 1 atom stereocenters. The zero-order valence-corrected chi connectivity index (χ0v) is 12.5. The van der Waals surface area contributed by atoms with Gasteiger partial charge in [0.05, 0.1) is 0 Å². The van der Waals surface area contributed by atoms with Crippen molar-refractivity contribution in [3.05, 3.63) is 11.6 Å². The molecule has 0 bridgehead atoms. The van der Waals surface area contributed by atoms with Crippen LogP contribution in [0.4, 0.5) is 0 Å². The van der Waals surface area contributed by atoms with Crippen LogP contribution in [0.5, 0.6) is 0 Å². The molecule has 104 valence electrons. The van der Waals surface area contributed by atoms with Crippen molar-refractivity contribution < 1.29 is 0 Å². The molecule has 0 spiro atoms. The molecule has 1 nitrogen and oxygen atoms in total. The number of rotatable bonds is 2. The Morgan fingerprint density at radius 2 is 1.78 bits per heavy atom. The van der Waals surface area contributed by atoms with Crippen molar-refractivity contribution in [2.45, 2.75) is 78.2 Å². The maximum absolute atomic E-state index is 6.51. The molecule has 2 aliphatic carbocycles. The molecule has 1 heteroatoms. The summed E-state index contributed by atoms with van der Waals surface area (Å²) in [6.07, 6.45) is 13.2. The van der Waals surface area contributed by atoms with Gasteiger partial charge in [0.2, 0.25) is 0 Å². The lowest BCUT2D eigenvalue weighted by molar-refractivity contribution is 0.143. The monoisotopic (exact) mass is 249 g/mol. The highest BCUT2D eigenvalue weighted by molar-refractivity contribution is 5.14. The van der Waals surface area contributed by atoms with Crippen molar-refractivity contribution in [2.75, 3.05) is 0 Å². The normalized spacial score (nSPS) is 31.9. The van der Waals surface area contributed by atoms with Gasteiger partial charge in [-0.2, -0.15) is 0 Å². The minimum absolute atomic E-state index is 0.367. The fourth-order valence-corrected chi connectivity index (χ4v) is 3.81. The fraction of sp³-hybridized carbons (Fsp3) is 0.882. The van der Waals surface area contributed by atoms with Crippen LogP contribution in [0.25, 0.3) is 0 Å². The topological polar surface area (TPSA) is 26.0 Å². The van der Waals surface area contributed by atoms with Crippen molar-refractivity contribution in [1.82, 2.24) is 0 Å². The summed E-state index contributed by atoms with van der Waals surface area (Å²) in [5, 5.41) is 0. The maximum atomic E-state index is 6.51. The van der Waals surface area contributed by atoms with Gasteiger partial charge in [0, 0.05) is 6.04 Å². The quantitative estimate of drug-likeness (QED) is 0.707. The molecule has 1 saturated carbocycles. The second kappa shape index (κ2) is 5.77. The van der Waals surface area contributed by atoms with E-state index in [1.54, 1.807) is 5.57 Å². The van der Waals surface area contributed by atoms with E-state index in [4.69, 9.17) is 5.73 Å². The smallest absolute Gasteiger partial charge is 0.0282 e. The molecule has 2 aliphatic rings. The van der Waals surface area contributed by atoms with E-state index in [1.165, 1.54) is 51.4 Å². The van der Waals surface area contributed by atoms with Crippen molar-refractivity contribution in [2.24, 2.45) is 23.0 Å². The third-order valence-corrected chi connectivity index (χ3v) is 5.26. The Bertz CT molecular complexity index is 289. The van der Waals surface area contributed by atoms with E-state index in [1.807, 2.05) is 0 Å². The van der Waals surface area contributed by atoms with E-state index in [-0.39, 0.29) is 0 Å². The van der Waals surface area contributed by atoms with Crippen molar-refractivity contribution >= 4 is 0 Å². The van der Waals surface area contributed by atoms with Gasteiger partial charge in [0.25, 0.3) is 0 Å². The lowest BCUT2D eigenvalue weighted by Gasteiger charge is -2.39. The molecule has 0 aromatic rings. The summed E-state index contributed by atoms with van der Waals surface area (Å²) in [5.74, 6) is 1.66. The molecule has 0 aromatic heterocycles. The Labute approximate surface area is 113 Å². The highest BCUT2D eigenvalue weighted by Gasteiger charge is 2.32. The number of hydrogen-bond acceptors (Lipinski definition) is 1. The molecule has 0 aromatic carbocycles. The van der Waals surface area contributed by atoms with Gasteiger partial charge in [-0.1, -0.05) is 32.4 Å². The standard InChI is InChI=1S/C17H31N/c1-17(2,3)15-11-9-14(10-12-15)16(18)13-7-5-4-6-8-13/h7,14-16H,4-6,8-12,18H2,1-3H3. The van der Waals surface area contributed by atoms with Crippen molar-refractivity contribution in [3.63, 3.8) is 0 Å². The van der Waals surface area contributed by atoms with E-state index in [2.05, 4.69) is 26.8 Å². The number of allylic oxidation sites excluding steroid dienone is 1. The van der Waals surface area contributed by atoms with Crippen LogP contribution in [-0.2, 0) is 0 Å². The van der Waals surface area contributed by atoms with Gasteiger partial charge in [-0.15, -0.1) is 0 Å². The predicted molar refractivity (Wildman–Crippen MR) is 79.4 cm³/mol. The third kappa shape index (κ3) is 3.38. The van der Waals surface area contributed by atoms with E-state index in [0.717, 1.165) is 11.8 Å². The molecule has 1 fully saturated rings. The lowest BCUT2D eigenvalue weighted by atomic mass is 9.67. The molecule has 2 rings (SSSR count). The fourth-order valence-electron chi connectivity index (χ4n) is 3.81. The largest absolute Gasteiger partial charge is 0.324 e. The SMILES string of the molecule is CC(C)(C)C1CCC(C(N)C2=CCCCC2)CC1. The zero-order chi connectivity index (χ0) is 13.2. The van der Waals surface area contributed by atoms with Crippen LogP contribution in [0, 0.1) is 17.3 Å². The molecule has 0 heterocycles. The Morgan fingerprint density at radius 1 is 1.11 bits per heavy atom. The highest BCUT2D eigenvalue weighted by atomic mass is 14.7. The zero-order valence-electron chi connectivity index (χ0n) is 12.5. The van der Waals surface area contributed by atoms with Crippen LogP contribution in [0.2, 0.25) is 0 Å². The molecule has 0 radical (unpaired) electrons. The van der Waals surface area contributed by atoms with E-state index in [9.17, 15) is 0 Å². The molecule has 0 amide bonds. The molecular formula is C17H31N. The highest BCUT2D eigenvalue weighted by Crippen LogP contribution is 2.41. The molecular weight excluding hydrogens is 218 g/mol. The summed E-state index contributed by atoms with van der Waals surface area (Å²) in [5.41, 5.74) is 8.56. The first-order valence-electron chi connectivity index (χ1n) is 7.93. The van der Waals surface area contributed by atoms with Crippen LogP contribution in [-0.4, -0.2) is 6.04 Å². The summed E-state index contributed by atoms with van der Waals surface area (Å²) in [6, 6.07) is 0.367. The van der Waals surface area contributed by atoms with Crippen molar-refractivity contribution in [1.29, 1.82) is 0 Å². The number of hydrogen-bond donors (Lipinski definition) is 1. The molecule has 0 saturated heterocycles. The Kier molecular flexibility index (Phi) is 4.53.